The second kappa shape index (κ2) is 8.10. The van der Waals surface area contributed by atoms with Gasteiger partial charge in [0, 0.05) is 36.5 Å². The highest BCUT2D eigenvalue weighted by Crippen LogP contribution is 2.25. The van der Waals surface area contributed by atoms with Gasteiger partial charge in [-0.25, -0.2) is 9.97 Å². The smallest absolute Gasteiger partial charge is 0.271 e. The molecule has 0 radical (unpaired) electrons. The Morgan fingerprint density at radius 3 is 2.64 bits per heavy atom. The highest BCUT2D eigenvalue weighted by atomic mass is 16.2. The van der Waals surface area contributed by atoms with Gasteiger partial charge < -0.3 is 15.6 Å². The Kier molecular flexibility index (Phi) is 5.79. The standard InChI is InChI=1S/C20H28N6O2/c1-20(2,3)26-9-6-13(7-10-26)17(27)24-16-11-14(12-23-18(16)28)15-5-8-22-19(21-4)25-15/h5,8,11-13H,6-7,9-10H2,1-4H3,(H,23,28)(H,24,27)(H,21,22,25). The zero-order valence-electron chi connectivity index (χ0n) is 16.9. The highest BCUT2D eigenvalue weighted by Gasteiger charge is 2.30. The molecule has 3 rings (SSSR count). The second-order valence-corrected chi connectivity index (χ2v) is 8.07. The van der Waals surface area contributed by atoms with Crippen LogP contribution in [0, 0.1) is 5.92 Å². The number of likely N-dealkylation sites (tertiary alicyclic amines) is 1. The molecule has 2 aromatic rings. The van der Waals surface area contributed by atoms with Crippen molar-refractivity contribution < 1.29 is 4.79 Å². The lowest BCUT2D eigenvalue weighted by Crippen LogP contribution is -2.47. The molecule has 0 bridgehead atoms. The van der Waals surface area contributed by atoms with Gasteiger partial charge in [-0.2, -0.15) is 0 Å². The Morgan fingerprint density at radius 1 is 1.29 bits per heavy atom. The monoisotopic (exact) mass is 384 g/mol. The number of carbonyl (C=O) groups is 1. The van der Waals surface area contributed by atoms with Crippen molar-refractivity contribution in [2.24, 2.45) is 5.92 Å². The summed E-state index contributed by atoms with van der Waals surface area (Å²) in [4.78, 5) is 38.4. The van der Waals surface area contributed by atoms with Gasteiger partial charge in [0.1, 0.15) is 5.69 Å². The van der Waals surface area contributed by atoms with E-state index in [-0.39, 0.29) is 28.6 Å². The maximum Gasteiger partial charge on any atom is 0.271 e. The Bertz CT molecular complexity index is 894. The number of piperidine rings is 1. The number of aromatic nitrogens is 3. The fourth-order valence-electron chi connectivity index (χ4n) is 3.41. The van der Waals surface area contributed by atoms with Crippen LogP contribution in [-0.4, -0.2) is 51.4 Å². The third-order valence-electron chi connectivity index (χ3n) is 5.15. The maximum atomic E-state index is 12.7. The first-order chi connectivity index (χ1) is 13.3. The Hall–Kier alpha value is -2.74. The molecule has 0 atom stereocenters. The maximum absolute atomic E-state index is 12.7. The SMILES string of the molecule is CNc1nccc(-c2c[nH]c(=O)c(NC(=O)C3CCN(C(C)(C)C)CC3)c2)n1. The van der Waals surface area contributed by atoms with Crippen molar-refractivity contribution in [2.75, 3.05) is 30.8 Å². The van der Waals surface area contributed by atoms with E-state index in [0.29, 0.717) is 17.2 Å². The third kappa shape index (κ3) is 4.56. The highest BCUT2D eigenvalue weighted by molar-refractivity contribution is 5.93. The summed E-state index contributed by atoms with van der Waals surface area (Å²) in [7, 11) is 1.74. The minimum absolute atomic E-state index is 0.0865. The summed E-state index contributed by atoms with van der Waals surface area (Å²) in [5.74, 6) is 0.298. The van der Waals surface area contributed by atoms with E-state index >= 15 is 0 Å². The number of aromatic amines is 1. The lowest BCUT2D eigenvalue weighted by Gasteiger charge is -2.40. The van der Waals surface area contributed by atoms with Gasteiger partial charge in [-0.15, -0.1) is 0 Å². The molecular formula is C20H28N6O2. The summed E-state index contributed by atoms with van der Waals surface area (Å²) in [5, 5.41) is 5.70. The van der Waals surface area contributed by atoms with Crippen LogP contribution in [0.25, 0.3) is 11.3 Å². The van der Waals surface area contributed by atoms with Crippen molar-refractivity contribution in [3.05, 3.63) is 34.9 Å². The molecule has 1 fully saturated rings. The molecule has 3 N–H and O–H groups in total. The van der Waals surface area contributed by atoms with E-state index < -0.39 is 0 Å². The predicted octanol–water partition coefficient (Wildman–Crippen LogP) is 2.32. The number of anilines is 2. The fraction of sp³-hybridized carbons (Fsp3) is 0.500. The number of hydrogen-bond acceptors (Lipinski definition) is 6. The first-order valence-electron chi connectivity index (χ1n) is 9.58. The van der Waals surface area contributed by atoms with Crippen molar-refractivity contribution in [1.82, 2.24) is 19.9 Å². The van der Waals surface area contributed by atoms with Gasteiger partial charge in [0.25, 0.3) is 5.56 Å². The number of hydrogen-bond donors (Lipinski definition) is 3. The molecule has 0 aliphatic carbocycles. The molecule has 150 valence electrons. The third-order valence-corrected chi connectivity index (χ3v) is 5.15. The summed E-state index contributed by atoms with van der Waals surface area (Å²) in [6.45, 7) is 8.32. The average molecular weight is 384 g/mol. The van der Waals surface area contributed by atoms with E-state index in [4.69, 9.17) is 0 Å². The van der Waals surface area contributed by atoms with Crippen molar-refractivity contribution in [3.63, 3.8) is 0 Å². The van der Waals surface area contributed by atoms with Gasteiger partial charge in [0.15, 0.2) is 0 Å². The molecule has 2 aromatic heterocycles. The normalized spacial score (nSPS) is 16.0. The van der Waals surface area contributed by atoms with Gasteiger partial charge in [-0.05, 0) is 58.8 Å². The molecule has 1 aliphatic rings. The topological polar surface area (TPSA) is 103 Å². The predicted molar refractivity (Wildman–Crippen MR) is 110 cm³/mol. The van der Waals surface area contributed by atoms with Crippen LogP contribution in [0.15, 0.2) is 29.3 Å². The molecule has 8 nitrogen and oxygen atoms in total. The molecule has 1 aliphatic heterocycles. The van der Waals surface area contributed by atoms with Gasteiger partial charge in [0.05, 0.1) is 5.69 Å². The number of rotatable bonds is 4. The van der Waals surface area contributed by atoms with E-state index in [1.807, 2.05) is 0 Å². The first kappa shape index (κ1) is 20.0. The summed E-state index contributed by atoms with van der Waals surface area (Å²) in [6.07, 6.45) is 4.80. The van der Waals surface area contributed by atoms with Gasteiger partial charge in [0.2, 0.25) is 11.9 Å². The summed E-state index contributed by atoms with van der Waals surface area (Å²) < 4.78 is 0. The number of nitrogens with one attached hydrogen (secondary N) is 3. The van der Waals surface area contributed by atoms with E-state index in [1.54, 1.807) is 31.6 Å². The van der Waals surface area contributed by atoms with Crippen molar-refractivity contribution >= 4 is 17.5 Å². The number of carbonyl (C=O) groups excluding carboxylic acids is 1. The molecule has 0 spiro atoms. The van der Waals surface area contributed by atoms with Gasteiger partial charge in [-0.3, -0.25) is 14.5 Å². The van der Waals surface area contributed by atoms with Crippen LogP contribution in [0.3, 0.4) is 0 Å². The number of nitrogens with zero attached hydrogens (tertiary/aromatic N) is 3. The first-order valence-corrected chi connectivity index (χ1v) is 9.58. The molecule has 0 aromatic carbocycles. The molecule has 3 heterocycles. The van der Waals surface area contributed by atoms with Gasteiger partial charge in [-0.1, -0.05) is 0 Å². The van der Waals surface area contributed by atoms with Crippen molar-refractivity contribution in [1.29, 1.82) is 0 Å². The van der Waals surface area contributed by atoms with Crippen molar-refractivity contribution in [3.8, 4) is 11.3 Å². The number of amides is 1. The zero-order chi connectivity index (χ0) is 20.3. The van der Waals surface area contributed by atoms with E-state index in [2.05, 4.69) is 51.3 Å². The molecule has 0 saturated carbocycles. The number of pyridine rings is 1. The minimum atomic E-state index is -0.327. The second-order valence-electron chi connectivity index (χ2n) is 8.07. The van der Waals surface area contributed by atoms with E-state index in [1.165, 1.54) is 0 Å². The van der Waals surface area contributed by atoms with Crippen LogP contribution in [-0.2, 0) is 4.79 Å². The molecular weight excluding hydrogens is 356 g/mol. The fourth-order valence-corrected chi connectivity index (χ4v) is 3.41. The Labute approximate surface area is 164 Å². The molecule has 0 unspecified atom stereocenters. The number of H-pyrrole nitrogens is 1. The van der Waals surface area contributed by atoms with E-state index in [0.717, 1.165) is 25.9 Å². The lowest BCUT2D eigenvalue weighted by atomic mass is 9.92. The Morgan fingerprint density at radius 2 is 2.00 bits per heavy atom. The Balaban J connectivity index is 1.72. The average Bonchev–Trinajstić information content (AvgIpc) is 2.69. The largest absolute Gasteiger partial charge is 0.357 e. The van der Waals surface area contributed by atoms with Crippen LogP contribution >= 0.6 is 0 Å². The summed E-state index contributed by atoms with van der Waals surface area (Å²) in [6, 6.07) is 3.41. The minimum Gasteiger partial charge on any atom is -0.357 e. The molecule has 28 heavy (non-hydrogen) atoms. The van der Waals surface area contributed by atoms with Crippen molar-refractivity contribution in [2.45, 2.75) is 39.2 Å². The van der Waals surface area contributed by atoms with Crippen LogP contribution in [0.5, 0.6) is 0 Å². The van der Waals surface area contributed by atoms with Crippen LogP contribution in [0.1, 0.15) is 33.6 Å². The lowest BCUT2D eigenvalue weighted by molar-refractivity contribution is -0.121. The molecule has 1 saturated heterocycles. The van der Waals surface area contributed by atoms with Gasteiger partial charge >= 0.3 is 0 Å². The van der Waals surface area contributed by atoms with Crippen LogP contribution < -0.4 is 16.2 Å². The van der Waals surface area contributed by atoms with Crippen LogP contribution in [0.2, 0.25) is 0 Å². The molecule has 1 amide bonds. The zero-order valence-corrected chi connectivity index (χ0v) is 16.9. The molecule has 8 heteroatoms. The summed E-state index contributed by atoms with van der Waals surface area (Å²) >= 11 is 0. The summed E-state index contributed by atoms with van der Waals surface area (Å²) in [5.41, 5.74) is 1.38. The van der Waals surface area contributed by atoms with E-state index in [9.17, 15) is 9.59 Å². The quantitative estimate of drug-likeness (QED) is 0.748. The van der Waals surface area contributed by atoms with Crippen LogP contribution in [0.4, 0.5) is 11.6 Å².